The van der Waals surface area contributed by atoms with E-state index in [0.29, 0.717) is 6.42 Å². The quantitative estimate of drug-likeness (QED) is 0.837. The van der Waals surface area contributed by atoms with Gasteiger partial charge in [-0.3, -0.25) is 0 Å². The van der Waals surface area contributed by atoms with E-state index in [-0.39, 0.29) is 11.9 Å². The fourth-order valence-electron chi connectivity index (χ4n) is 1.79. The Balaban J connectivity index is 2.21. The lowest BCUT2D eigenvalue weighted by Crippen LogP contribution is -2.13. The molecule has 0 spiro atoms. The van der Waals surface area contributed by atoms with E-state index < -0.39 is 0 Å². The summed E-state index contributed by atoms with van der Waals surface area (Å²) in [5, 5.41) is 0. The molecule has 0 aromatic heterocycles. The SMILES string of the molecule is NC(Cc1cc(F)ccc1Br)c1cccc(Br)c1. The largest absolute Gasteiger partial charge is 0.324 e. The number of hydrogen-bond acceptors (Lipinski definition) is 1. The molecule has 2 N–H and O–H groups in total. The van der Waals surface area contributed by atoms with Crippen LogP contribution in [0.5, 0.6) is 0 Å². The maximum atomic E-state index is 13.2. The molecule has 2 rings (SSSR count). The molecule has 0 aliphatic carbocycles. The Labute approximate surface area is 122 Å². The molecule has 2 aromatic rings. The summed E-state index contributed by atoms with van der Waals surface area (Å²) in [5.74, 6) is -0.241. The van der Waals surface area contributed by atoms with Gasteiger partial charge in [0.1, 0.15) is 5.82 Å². The highest BCUT2D eigenvalue weighted by Gasteiger charge is 2.10. The Morgan fingerprint density at radius 1 is 1.11 bits per heavy atom. The predicted octanol–water partition coefficient (Wildman–Crippen LogP) is 4.59. The molecular formula is C14H12Br2FN. The van der Waals surface area contributed by atoms with Gasteiger partial charge in [-0.25, -0.2) is 4.39 Å². The molecule has 0 fully saturated rings. The topological polar surface area (TPSA) is 26.0 Å². The van der Waals surface area contributed by atoms with E-state index in [1.54, 1.807) is 6.07 Å². The van der Waals surface area contributed by atoms with Crippen LogP contribution in [0.15, 0.2) is 51.4 Å². The molecule has 0 amide bonds. The van der Waals surface area contributed by atoms with Crippen molar-refractivity contribution in [2.24, 2.45) is 5.73 Å². The molecule has 94 valence electrons. The van der Waals surface area contributed by atoms with Crippen molar-refractivity contribution in [2.45, 2.75) is 12.5 Å². The molecule has 18 heavy (non-hydrogen) atoms. The summed E-state index contributed by atoms with van der Waals surface area (Å²) in [4.78, 5) is 0. The molecule has 2 aromatic carbocycles. The second-order valence-electron chi connectivity index (χ2n) is 4.10. The van der Waals surface area contributed by atoms with E-state index >= 15 is 0 Å². The smallest absolute Gasteiger partial charge is 0.123 e. The molecule has 0 aliphatic rings. The molecule has 4 heteroatoms. The first-order valence-corrected chi connectivity index (χ1v) is 7.10. The van der Waals surface area contributed by atoms with Crippen LogP contribution < -0.4 is 5.73 Å². The normalized spacial score (nSPS) is 12.4. The van der Waals surface area contributed by atoms with Gasteiger partial charge < -0.3 is 5.73 Å². The van der Waals surface area contributed by atoms with Crippen molar-refractivity contribution in [1.29, 1.82) is 0 Å². The number of rotatable bonds is 3. The maximum Gasteiger partial charge on any atom is 0.123 e. The first-order chi connectivity index (χ1) is 8.56. The Bertz CT molecular complexity index is 557. The highest BCUT2D eigenvalue weighted by Crippen LogP contribution is 2.24. The van der Waals surface area contributed by atoms with Crippen molar-refractivity contribution in [3.63, 3.8) is 0 Å². The van der Waals surface area contributed by atoms with Gasteiger partial charge in [0, 0.05) is 15.0 Å². The lowest BCUT2D eigenvalue weighted by molar-refractivity contribution is 0.621. The molecule has 0 bridgehead atoms. The van der Waals surface area contributed by atoms with Crippen LogP contribution in [-0.2, 0) is 6.42 Å². The summed E-state index contributed by atoms with van der Waals surface area (Å²) in [6, 6.07) is 12.4. The van der Waals surface area contributed by atoms with Gasteiger partial charge >= 0.3 is 0 Å². The van der Waals surface area contributed by atoms with Crippen LogP contribution in [0.2, 0.25) is 0 Å². The van der Waals surface area contributed by atoms with Crippen LogP contribution in [0.25, 0.3) is 0 Å². The van der Waals surface area contributed by atoms with Gasteiger partial charge in [-0.2, -0.15) is 0 Å². The number of hydrogen-bond donors (Lipinski definition) is 1. The molecule has 0 heterocycles. The average molecular weight is 373 g/mol. The minimum Gasteiger partial charge on any atom is -0.324 e. The van der Waals surface area contributed by atoms with Crippen molar-refractivity contribution in [3.05, 3.63) is 68.4 Å². The van der Waals surface area contributed by atoms with Gasteiger partial charge in [0.05, 0.1) is 0 Å². The predicted molar refractivity (Wildman–Crippen MR) is 78.9 cm³/mol. The zero-order chi connectivity index (χ0) is 13.1. The van der Waals surface area contributed by atoms with E-state index in [1.807, 2.05) is 24.3 Å². The third-order valence-corrected chi connectivity index (χ3v) is 3.99. The Morgan fingerprint density at radius 2 is 1.89 bits per heavy atom. The summed E-state index contributed by atoms with van der Waals surface area (Å²) < 4.78 is 15.1. The standard InChI is InChI=1S/C14H12Br2FN/c15-11-3-1-2-9(6-11)14(18)8-10-7-12(17)4-5-13(10)16/h1-7,14H,8,18H2. The second kappa shape index (κ2) is 5.95. The molecule has 1 atom stereocenters. The van der Waals surface area contributed by atoms with Gasteiger partial charge in [-0.05, 0) is 47.9 Å². The average Bonchev–Trinajstić information content (AvgIpc) is 2.34. The fraction of sp³-hybridized carbons (Fsp3) is 0.143. The first-order valence-electron chi connectivity index (χ1n) is 5.51. The Hall–Kier alpha value is -0.710. The maximum absolute atomic E-state index is 13.2. The Morgan fingerprint density at radius 3 is 2.61 bits per heavy atom. The number of nitrogens with two attached hydrogens (primary N) is 1. The van der Waals surface area contributed by atoms with Crippen LogP contribution in [0.1, 0.15) is 17.2 Å². The van der Waals surface area contributed by atoms with Crippen LogP contribution in [0.4, 0.5) is 4.39 Å². The lowest BCUT2D eigenvalue weighted by atomic mass is 10.00. The molecular weight excluding hydrogens is 361 g/mol. The van der Waals surface area contributed by atoms with E-state index in [2.05, 4.69) is 31.9 Å². The van der Waals surface area contributed by atoms with Crippen molar-refractivity contribution in [2.75, 3.05) is 0 Å². The van der Waals surface area contributed by atoms with E-state index in [9.17, 15) is 4.39 Å². The summed E-state index contributed by atoms with van der Waals surface area (Å²) in [6.45, 7) is 0. The Kier molecular flexibility index (Phi) is 4.54. The van der Waals surface area contributed by atoms with Crippen LogP contribution >= 0.6 is 31.9 Å². The minimum atomic E-state index is -0.241. The van der Waals surface area contributed by atoms with E-state index in [1.165, 1.54) is 12.1 Å². The zero-order valence-corrected chi connectivity index (χ0v) is 12.7. The molecule has 1 unspecified atom stereocenters. The van der Waals surface area contributed by atoms with Gasteiger partial charge in [-0.15, -0.1) is 0 Å². The van der Waals surface area contributed by atoms with Crippen LogP contribution in [-0.4, -0.2) is 0 Å². The number of halogens is 3. The van der Waals surface area contributed by atoms with Gasteiger partial charge in [0.2, 0.25) is 0 Å². The van der Waals surface area contributed by atoms with Gasteiger partial charge in [0.25, 0.3) is 0 Å². The highest BCUT2D eigenvalue weighted by atomic mass is 79.9. The third-order valence-electron chi connectivity index (χ3n) is 2.72. The van der Waals surface area contributed by atoms with Crippen LogP contribution in [0, 0.1) is 5.82 Å². The first kappa shape index (κ1) is 13.7. The third kappa shape index (κ3) is 3.40. The fourth-order valence-corrected chi connectivity index (χ4v) is 2.62. The minimum absolute atomic E-state index is 0.152. The van der Waals surface area contributed by atoms with Gasteiger partial charge in [0.15, 0.2) is 0 Å². The van der Waals surface area contributed by atoms with Crippen molar-refractivity contribution >= 4 is 31.9 Å². The number of benzene rings is 2. The monoisotopic (exact) mass is 371 g/mol. The molecule has 0 aliphatic heterocycles. The molecule has 0 saturated carbocycles. The summed E-state index contributed by atoms with van der Waals surface area (Å²) in [7, 11) is 0. The molecule has 0 saturated heterocycles. The zero-order valence-electron chi connectivity index (χ0n) is 9.54. The summed E-state index contributed by atoms with van der Waals surface area (Å²) >= 11 is 6.83. The second-order valence-corrected chi connectivity index (χ2v) is 5.87. The lowest BCUT2D eigenvalue weighted by Gasteiger charge is -2.13. The highest BCUT2D eigenvalue weighted by molar-refractivity contribution is 9.10. The summed E-state index contributed by atoms with van der Waals surface area (Å²) in [5.41, 5.74) is 8.06. The van der Waals surface area contributed by atoms with Crippen molar-refractivity contribution in [3.8, 4) is 0 Å². The van der Waals surface area contributed by atoms with E-state index in [0.717, 1.165) is 20.1 Å². The molecule has 0 radical (unpaired) electrons. The van der Waals surface area contributed by atoms with Crippen LogP contribution in [0.3, 0.4) is 0 Å². The van der Waals surface area contributed by atoms with E-state index in [4.69, 9.17) is 5.73 Å². The molecule has 1 nitrogen and oxygen atoms in total. The van der Waals surface area contributed by atoms with Crippen molar-refractivity contribution < 1.29 is 4.39 Å². The van der Waals surface area contributed by atoms with Gasteiger partial charge in [-0.1, -0.05) is 44.0 Å². The summed E-state index contributed by atoms with van der Waals surface area (Å²) in [6.07, 6.45) is 0.592. The van der Waals surface area contributed by atoms with Crippen molar-refractivity contribution in [1.82, 2.24) is 0 Å².